The van der Waals surface area contributed by atoms with Crippen molar-refractivity contribution in [2.75, 3.05) is 0 Å². The molecule has 0 bridgehead atoms. The number of nitrogens with zero attached hydrogens (tertiary/aromatic N) is 2. The number of aryl methyl sites for hydroxylation is 1. The average Bonchev–Trinajstić information content (AvgIpc) is 2.32. The highest BCUT2D eigenvalue weighted by atomic mass is 35.5. The first-order valence-electron chi connectivity index (χ1n) is 5.06. The van der Waals surface area contributed by atoms with E-state index in [9.17, 15) is 14.5 Å². The molecule has 1 aromatic heterocycles. The predicted octanol–water partition coefficient (Wildman–Crippen LogP) is 3.76. The van der Waals surface area contributed by atoms with Crippen molar-refractivity contribution < 1.29 is 9.31 Å². The largest absolute Gasteiger partial charge is 0.306 e. The van der Waals surface area contributed by atoms with Gasteiger partial charge in [-0.15, -0.1) is 0 Å². The lowest BCUT2D eigenvalue weighted by molar-refractivity contribution is -0.385. The molecule has 18 heavy (non-hydrogen) atoms. The fourth-order valence-electron chi connectivity index (χ4n) is 1.48. The van der Waals surface area contributed by atoms with E-state index in [1.807, 2.05) is 0 Å². The SMILES string of the molecule is Cc1ccc(-c2ccc([N+](=O)[O-])c(Cl)n2)cc1F. The molecule has 2 aromatic rings. The van der Waals surface area contributed by atoms with Crippen molar-refractivity contribution in [1.29, 1.82) is 0 Å². The summed E-state index contributed by atoms with van der Waals surface area (Å²) >= 11 is 5.70. The molecule has 0 saturated carbocycles. The summed E-state index contributed by atoms with van der Waals surface area (Å²) < 4.78 is 13.4. The van der Waals surface area contributed by atoms with E-state index in [-0.39, 0.29) is 16.7 Å². The summed E-state index contributed by atoms with van der Waals surface area (Å²) in [6.45, 7) is 1.65. The molecule has 0 aliphatic rings. The molecular weight excluding hydrogens is 259 g/mol. The molecule has 4 nitrogen and oxygen atoms in total. The normalized spacial score (nSPS) is 10.4. The molecule has 92 valence electrons. The maximum Gasteiger partial charge on any atom is 0.306 e. The Bertz CT molecular complexity index is 631. The van der Waals surface area contributed by atoms with E-state index >= 15 is 0 Å². The number of rotatable bonds is 2. The number of halogens is 2. The van der Waals surface area contributed by atoms with Crippen LogP contribution in [0, 0.1) is 22.9 Å². The van der Waals surface area contributed by atoms with Crippen molar-refractivity contribution in [3.63, 3.8) is 0 Å². The summed E-state index contributed by atoms with van der Waals surface area (Å²) in [5, 5.41) is 10.4. The third-order valence-electron chi connectivity index (χ3n) is 2.49. The molecule has 0 atom stereocenters. The highest BCUT2D eigenvalue weighted by Gasteiger charge is 2.14. The molecule has 1 aromatic carbocycles. The minimum atomic E-state index is -0.616. The van der Waals surface area contributed by atoms with Crippen LogP contribution in [-0.2, 0) is 0 Å². The first kappa shape index (κ1) is 12.4. The van der Waals surface area contributed by atoms with Gasteiger partial charge >= 0.3 is 5.69 Å². The number of benzene rings is 1. The fraction of sp³-hybridized carbons (Fsp3) is 0.0833. The Morgan fingerprint density at radius 3 is 2.61 bits per heavy atom. The van der Waals surface area contributed by atoms with Gasteiger partial charge in [-0.3, -0.25) is 10.1 Å². The number of pyridine rings is 1. The fourth-order valence-corrected chi connectivity index (χ4v) is 1.70. The number of aromatic nitrogens is 1. The smallest absolute Gasteiger partial charge is 0.258 e. The molecule has 0 radical (unpaired) electrons. The Morgan fingerprint density at radius 1 is 1.33 bits per heavy atom. The summed E-state index contributed by atoms with van der Waals surface area (Å²) in [4.78, 5) is 13.9. The van der Waals surface area contributed by atoms with Crippen LogP contribution in [0.1, 0.15) is 5.56 Å². The monoisotopic (exact) mass is 266 g/mol. The second kappa shape index (κ2) is 4.70. The highest BCUT2D eigenvalue weighted by molar-refractivity contribution is 6.31. The van der Waals surface area contributed by atoms with Gasteiger partial charge in [-0.1, -0.05) is 23.7 Å². The average molecular weight is 267 g/mol. The number of hydrogen-bond donors (Lipinski definition) is 0. The molecule has 0 unspecified atom stereocenters. The molecule has 0 amide bonds. The van der Waals surface area contributed by atoms with Crippen LogP contribution in [0.4, 0.5) is 10.1 Å². The Hall–Kier alpha value is -2.01. The van der Waals surface area contributed by atoms with Crippen LogP contribution >= 0.6 is 11.6 Å². The van der Waals surface area contributed by atoms with Gasteiger partial charge in [-0.05, 0) is 24.6 Å². The number of nitro groups is 1. The second-order valence-electron chi connectivity index (χ2n) is 3.73. The summed E-state index contributed by atoms with van der Waals surface area (Å²) in [6.07, 6.45) is 0. The topological polar surface area (TPSA) is 56.0 Å². The molecule has 0 spiro atoms. The van der Waals surface area contributed by atoms with Gasteiger partial charge in [-0.2, -0.15) is 0 Å². The summed E-state index contributed by atoms with van der Waals surface area (Å²) in [5.74, 6) is -0.358. The molecule has 0 saturated heterocycles. The van der Waals surface area contributed by atoms with Gasteiger partial charge in [0.2, 0.25) is 5.15 Å². The zero-order valence-corrected chi connectivity index (χ0v) is 10.1. The first-order chi connectivity index (χ1) is 8.49. The molecule has 0 fully saturated rings. The van der Waals surface area contributed by atoms with Crippen molar-refractivity contribution in [2.45, 2.75) is 6.92 Å². The molecule has 0 N–H and O–H groups in total. The van der Waals surface area contributed by atoms with E-state index in [1.54, 1.807) is 19.1 Å². The lowest BCUT2D eigenvalue weighted by Gasteiger charge is -2.03. The standard InChI is InChI=1S/C12H8ClFN2O2/c1-7-2-3-8(6-9(7)14)10-4-5-11(16(17)18)12(13)15-10/h2-6H,1H3. The van der Waals surface area contributed by atoms with Gasteiger partial charge in [0.1, 0.15) is 5.82 Å². The summed E-state index contributed by atoms with van der Waals surface area (Å²) in [7, 11) is 0. The molecular formula is C12H8ClFN2O2. The lowest BCUT2D eigenvalue weighted by Crippen LogP contribution is -1.93. The third-order valence-corrected chi connectivity index (χ3v) is 2.77. The third kappa shape index (κ3) is 2.31. The molecule has 0 aliphatic carbocycles. The van der Waals surface area contributed by atoms with E-state index in [0.717, 1.165) is 0 Å². The maximum atomic E-state index is 13.4. The van der Waals surface area contributed by atoms with Crippen molar-refractivity contribution in [1.82, 2.24) is 4.98 Å². The summed E-state index contributed by atoms with van der Waals surface area (Å²) in [6, 6.07) is 7.31. The van der Waals surface area contributed by atoms with Crippen LogP contribution in [0.2, 0.25) is 5.15 Å². The second-order valence-corrected chi connectivity index (χ2v) is 4.09. The predicted molar refractivity (Wildman–Crippen MR) is 66.0 cm³/mol. The number of hydrogen-bond acceptors (Lipinski definition) is 3. The van der Waals surface area contributed by atoms with Crippen molar-refractivity contribution in [3.05, 3.63) is 57.0 Å². The quantitative estimate of drug-likeness (QED) is 0.472. The Kier molecular flexibility index (Phi) is 3.25. The Balaban J connectivity index is 2.48. The first-order valence-corrected chi connectivity index (χ1v) is 5.44. The van der Waals surface area contributed by atoms with E-state index < -0.39 is 4.92 Å². The molecule has 6 heteroatoms. The van der Waals surface area contributed by atoms with Crippen LogP contribution in [0.3, 0.4) is 0 Å². The van der Waals surface area contributed by atoms with Crippen molar-refractivity contribution in [2.24, 2.45) is 0 Å². The van der Waals surface area contributed by atoms with Crippen LogP contribution in [0.15, 0.2) is 30.3 Å². The minimum Gasteiger partial charge on any atom is -0.258 e. The van der Waals surface area contributed by atoms with E-state index in [4.69, 9.17) is 11.6 Å². The highest BCUT2D eigenvalue weighted by Crippen LogP contribution is 2.27. The van der Waals surface area contributed by atoms with E-state index in [2.05, 4.69) is 4.98 Å². The zero-order valence-electron chi connectivity index (χ0n) is 9.35. The minimum absolute atomic E-state index is 0.210. The van der Waals surface area contributed by atoms with Gasteiger partial charge in [-0.25, -0.2) is 9.37 Å². The van der Waals surface area contributed by atoms with Gasteiger partial charge in [0.25, 0.3) is 0 Å². The van der Waals surface area contributed by atoms with E-state index in [0.29, 0.717) is 16.8 Å². The molecule has 0 aliphatic heterocycles. The van der Waals surface area contributed by atoms with E-state index in [1.165, 1.54) is 18.2 Å². The van der Waals surface area contributed by atoms with Crippen LogP contribution in [0.25, 0.3) is 11.3 Å². The summed E-state index contributed by atoms with van der Waals surface area (Å²) in [5.41, 5.74) is 1.17. The van der Waals surface area contributed by atoms with Gasteiger partial charge in [0, 0.05) is 11.6 Å². The van der Waals surface area contributed by atoms with Crippen LogP contribution < -0.4 is 0 Å². The van der Waals surface area contributed by atoms with Crippen molar-refractivity contribution in [3.8, 4) is 11.3 Å². The van der Waals surface area contributed by atoms with Crippen LogP contribution in [-0.4, -0.2) is 9.91 Å². The van der Waals surface area contributed by atoms with Crippen molar-refractivity contribution >= 4 is 17.3 Å². The maximum absolute atomic E-state index is 13.4. The lowest BCUT2D eigenvalue weighted by atomic mass is 10.1. The van der Waals surface area contributed by atoms with Gasteiger partial charge < -0.3 is 0 Å². The molecule has 2 rings (SSSR count). The Labute approximate surface area is 107 Å². The van der Waals surface area contributed by atoms with Gasteiger partial charge in [0.05, 0.1) is 10.6 Å². The molecule has 1 heterocycles. The zero-order chi connectivity index (χ0) is 13.3. The Morgan fingerprint density at radius 2 is 2.06 bits per heavy atom. The van der Waals surface area contributed by atoms with Gasteiger partial charge in [0.15, 0.2) is 0 Å². The van der Waals surface area contributed by atoms with Crippen LogP contribution in [0.5, 0.6) is 0 Å².